The number of amides is 2. The van der Waals surface area contributed by atoms with E-state index in [-0.39, 0.29) is 6.42 Å². The molecule has 0 aromatic heterocycles. The highest BCUT2D eigenvalue weighted by Crippen LogP contribution is 2.02. The molecule has 21 heavy (non-hydrogen) atoms. The van der Waals surface area contributed by atoms with Crippen molar-refractivity contribution in [1.82, 2.24) is 10.2 Å². The van der Waals surface area contributed by atoms with E-state index in [0.717, 1.165) is 25.7 Å². The summed E-state index contributed by atoms with van der Waals surface area (Å²) in [5.74, 6) is -1.92. The lowest BCUT2D eigenvalue weighted by Crippen LogP contribution is -2.49. The lowest BCUT2D eigenvalue weighted by Gasteiger charge is -2.24. The third-order valence-corrected chi connectivity index (χ3v) is 3.04. The quantitative estimate of drug-likeness (QED) is 0.598. The summed E-state index contributed by atoms with van der Waals surface area (Å²) in [5, 5.41) is 11.4. The number of carboxylic acids is 1. The Kier molecular flexibility index (Phi) is 10.0. The summed E-state index contributed by atoms with van der Waals surface area (Å²) in [6.45, 7) is 5.19. The third-order valence-electron chi connectivity index (χ3n) is 3.04. The van der Waals surface area contributed by atoms with Crippen molar-refractivity contribution in [3.8, 4) is 0 Å². The molecule has 2 amide bonds. The van der Waals surface area contributed by atoms with Crippen molar-refractivity contribution in [2.24, 2.45) is 0 Å². The van der Waals surface area contributed by atoms with Gasteiger partial charge in [-0.25, -0.2) is 9.59 Å². The number of hydrogen-bond donors (Lipinski definition) is 2. The first kappa shape index (κ1) is 19.2. The van der Waals surface area contributed by atoms with Crippen LogP contribution >= 0.6 is 0 Å². The normalized spacial score (nSPS) is 11.6. The highest BCUT2D eigenvalue weighted by molar-refractivity contribution is 5.86. The fraction of sp³-hybridized carbons (Fsp3) is 0.786. The van der Waals surface area contributed by atoms with Crippen LogP contribution in [-0.4, -0.2) is 54.2 Å². The molecule has 0 unspecified atom stereocenters. The molecule has 0 rings (SSSR count). The van der Waals surface area contributed by atoms with Crippen LogP contribution in [-0.2, 0) is 14.3 Å². The van der Waals surface area contributed by atoms with E-state index < -0.39 is 24.0 Å². The molecule has 122 valence electrons. The number of esters is 1. The summed E-state index contributed by atoms with van der Waals surface area (Å²) in [4.78, 5) is 36.0. The second kappa shape index (κ2) is 10.9. The van der Waals surface area contributed by atoms with Crippen LogP contribution in [0.1, 0.15) is 46.0 Å². The monoisotopic (exact) mass is 302 g/mol. The molecule has 7 heteroatoms. The van der Waals surface area contributed by atoms with Crippen molar-refractivity contribution < 1.29 is 24.2 Å². The minimum Gasteiger partial charge on any atom is -0.480 e. The average Bonchev–Trinajstić information content (AvgIpc) is 2.46. The van der Waals surface area contributed by atoms with Gasteiger partial charge in [0.1, 0.15) is 6.04 Å². The summed E-state index contributed by atoms with van der Waals surface area (Å²) in [6.07, 6.45) is 3.21. The first-order valence-electron chi connectivity index (χ1n) is 7.31. The number of carboxylic acid groups (broad SMARTS) is 1. The molecule has 0 aromatic carbocycles. The summed E-state index contributed by atoms with van der Waals surface area (Å²) in [7, 11) is 1.18. The highest BCUT2D eigenvalue weighted by Gasteiger charge is 2.25. The number of rotatable bonds is 10. The van der Waals surface area contributed by atoms with Gasteiger partial charge in [-0.3, -0.25) is 4.79 Å². The lowest BCUT2D eigenvalue weighted by molar-refractivity contribution is -0.147. The summed E-state index contributed by atoms with van der Waals surface area (Å²) < 4.78 is 4.44. The Hall–Kier alpha value is -1.79. The Morgan fingerprint density at radius 3 is 2.05 bits per heavy atom. The zero-order valence-electron chi connectivity index (χ0n) is 13.1. The van der Waals surface area contributed by atoms with E-state index in [0.29, 0.717) is 13.1 Å². The van der Waals surface area contributed by atoms with Gasteiger partial charge in [-0.2, -0.15) is 0 Å². The number of unbranched alkanes of at least 4 members (excludes halogenated alkanes) is 2. The van der Waals surface area contributed by atoms with Crippen LogP contribution in [0.15, 0.2) is 0 Å². The van der Waals surface area contributed by atoms with Gasteiger partial charge in [-0.15, -0.1) is 0 Å². The van der Waals surface area contributed by atoms with Crippen molar-refractivity contribution in [3.63, 3.8) is 0 Å². The van der Waals surface area contributed by atoms with Gasteiger partial charge < -0.3 is 20.1 Å². The molecule has 7 nitrogen and oxygen atoms in total. The molecule has 0 bridgehead atoms. The number of aliphatic carboxylic acids is 1. The molecular formula is C14H26N2O5. The molecule has 0 spiro atoms. The zero-order chi connectivity index (χ0) is 16.3. The number of methoxy groups -OCH3 is 1. The lowest BCUT2D eigenvalue weighted by atomic mass is 10.2. The second-order valence-corrected chi connectivity index (χ2v) is 4.81. The summed E-state index contributed by atoms with van der Waals surface area (Å²) >= 11 is 0. The molecule has 1 atom stereocenters. The average molecular weight is 302 g/mol. The molecule has 0 aliphatic heterocycles. The Balaban J connectivity index is 4.64. The van der Waals surface area contributed by atoms with E-state index in [1.54, 1.807) is 4.90 Å². The van der Waals surface area contributed by atoms with Gasteiger partial charge in [0.05, 0.1) is 13.5 Å². The van der Waals surface area contributed by atoms with E-state index in [2.05, 4.69) is 10.1 Å². The van der Waals surface area contributed by atoms with Crippen LogP contribution in [0.2, 0.25) is 0 Å². The number of nitrogens with zero attached hydrogens (tertiary/aromatic N) is 1. The van der Waals surface area contributed by atoms with E-state index >= 15 is 0 Å². The molecule has 0 aliphatic carbocycles. The first-order chi connectivity index (χ1) is 9.96. The van der Waals surface area contributed by atoms with Crippen molar-refractivity contribution in [3.05, 3.63) is 0 Å². The van der Waals surface area contributed by atoms with Gasteiger partial charge in [0.25, 0.3) is 0 Å². The molecular weight excluding hydrogens is 276 g/mol. The Morgan fingerprint density at radius 2 is 1.67 bits per heavy atom. The van der Waals surface area contributed by atoms with Gasteiger partial charge >= 0.3 is 18.0 Å². The minimum absolute atomic E-state index is 0.382. The third kappa shape index (κ3) is 8.16. The maximum atomic E-state index is 12.1. The van der Waals surface area contributed by atoms with Gasteiger partial charge in [-0.1, -0.05) is 26.7 Å². The van der Waals surface area contributed by atoms with Crippen LogP contribution in [0.3, 0.4) is 0 Å². The SMILES string of the molecule is CCCCN(CCCC)C(=O)N[C@@H](CC(=O)OC)C(=O)O. The molecule has 0 aliphatic rings. The van der Waals surface area contributed by atoms with Crippen molar-refractivity contribution >= 4 is 18.0 Å². The van der Waals surface area contributed by atoms with Crippen LogP contribution in [0.4, 0.5) is 4.79 Å². The fourth-order valence-electron chi connectivity index (χ4n) is 1.70. The maximum absolute atomic E-state index is 12.1. The molecule has 0 radical (unpaired) electrons. The number of carbonyl (C=O) groups excluding carboxylic acids is 2. The molecule has 0 heterocycles. The zero-order valence-corrected chi connectivity index (χ0v) is 13.1. The molecule has 2 N–H and O–H groups in total. The fourth-order valence-corrected chi connectivity index (χ4v) is 1.70. The topological polar surface area (TPSA) is 95.9 Å². The van der Waals surface area contributed by atoms with Gasteiger partial charge in [0, 0.05) is 13.1 Å². The highest BCUT2D eigenvalue weighted by atomic mass is 16.5. The minimum atomic E-state index is -1.27. The maximum Gasteiger partial charge on any atom is 0.326 e. The standard InChI is InChI=1S/C14H26N2O5/c1-4-6-8-16(9-7-5-2)14(20)15-11(13(18)19)10-12(17)21-3/h11H,4-10H2,1-3H3,(H,15,20)(H,18,19)/t11-/m0/s1. The molecule has 0 fully saturated rings. The molecule has 0 saturated carbocycles. The van der Waals surface area contributed by atoms with Crippen molar-refractivity contribution in [2.75, 3.05) is 20.2 Å². The van der Waals surface area contributed by atoms with Crippen LogP contribution in [0.5, 0.6) is 0 Å². The predicted molar refractivity (Wildman–Crippen MR) is 78.0 cm³/mol. The van der Waals surface area contributed by atoms with Crippen molar-refractivity contribution in [1.29, 1.82) is 0 Å². The first-order valence-corrected chi connectivity index (χ1v) is 7.31. The van der Waals surface area contributed by atoms with Crippen LogP contribution in [0, 0.1) is 0 Å². The van der Waals surface area contributed by atoms with Gasteiger partial charge in [-0.05, 0) is 12.8 Å². The Labute approximate surface area is 125 Å². The summed E-state index contributed by atoms with van der Waals surface area (Å²) in [5.41, 5.74) is 0. The number of ether oxygens (including phenoxy) is 1. The Morgan fingerprint density at radius 1 is 1.14 bits per heavy atom. The number of nitrogens with one attached hydrogen (secondary N) is 1. The van der Waals surface area contributed by atoms with E-state index in [1.165, 1.54) is 7.11 Å². The second-order valence-electron chi connectivity index (χ2n) is 4.81. The van der Waals surface area contributed by atoms with Gasteiger partial charge in [0.2, 0.25) is 0 Å². The van der Waals surface area contributed by atoms with E-state index in [1.807, 2.05) is 13.8 Å². The summed E-state index contributed by atoms with van der Waals surface area (Å²) in [6, 6.07) is -1.72. The molecule has 0 aromatic rings. The Bertz CT molecular complexity index is 338. The van der Waals surface area contributed by atoms with Gasteiger partial charge in [0.15, 0.2) is 0 Å². The number of hydrogen-bond acceptors (Lipinski definition) is 4. The molecule has 0 saturated heterocycles. The van der Waals surface area contributed by atoms with E-state index in [9.17, 15) is 14.4 Å². The van der Waals surface area contributed by atoms with Crippen LogP contribution < -0.4 is 5.32 Å². The predicted octanol–water partition coefficient (Wildman–Crippen LogP) is 1.61. The number of urea groups is 1. The van der Waals surface area contributed by atoms with Crippen molar-refractivity contribution in [2.45, 2.75) is 52.0 Å². The van der Waals surface area contributed by atoms with E-state index in [4.69, 9.17) is 5.11 Å². The van der Waals surface area contributed by atoms with Crippen LogP contribution in [0.25, 0.3) is 0 Å². The number of carbonyl (C=O) groups is 3. The smallest absolute Gasteiger partial charge is 0.326 e. The largest absolute Gasteiger partial charge is 0.480 e.